The maximum Gasteiger partial charge on any atom is 0.411 e. The molecule has 48 heavy (non-hydrogen) atoms. The Kier molecular flexibility index (Phi) is 9.79. The number of hydrogen-bond donors (Lipinski definition) is 4. The van der Waals surface area contributed by atoms with E-state index in [0.717, 1.165) is 0 Å². The SMILES string of the molecule is COC(=O)Nc1ccc(S(=O)(=O)C(C)C)c([C@H]2CCCN2C(=O)[C@H](Nc2ccc3c(=O)[nH][nH]c(=O)c3c2)c2ccc(OC)c(OC)c2)c1. The van der Waals surface area contributed by atoms with Crippen molar-refractivity contribution < 1.29 is 32.2 Å². The van der Waals surface area contributed by atoms with Gasteiger partial charge in [0.2, 0.25) is 5.91 Å². The molecule has 2 heterocycles. The predicted molar refractivity (Wildman–Crippen MR) is 180 cm³/mol. The van der Waals surface area contributed by atoms with E-state index in [2.05, 4.69) is 20.8 Å². The highest BCUT2D eigenvalue weighted by Gasteiger charge is 2.38. The molecule has 2 amide bonds. The van der Waals surface area contributed by atoms with E-state index in [4.69, 9.17) is 14.2 Å². The lowest BCUT2D eigenvalue weighted by molar-refractivity contribution is -0.133. The van der Waals surface area contributed by atoms with Crippen molar-refractivity contribution >= 4 is 44.0 Å². The van der Waals surface area contributed by atoms with Gasteiger partial charge in [0.25, 0.3) is 11.1 Å². The van der Waals surface area contributed by atoms with Crippen molar-refractivity contribution in [2.75, 3.05) is 38.5 Å². The summed E-state index contributed by atoms with van der Waals surface area (Å²) < 4.78 is 42.8. The van der Waals surface area contributed by atoms with Crippen molar-refractivity contribution in [3.8, 4) is 11.5 Å². The Morgan fingerprint density at radius 3 is 2.23 bits per heavy atom. The van der Waals surface area contributed by atoms with Crippen LogP contribution in [0.5, 0.6) is 11.5 Å². The average molecular weight is 680 g/mol. The summed E-state index contributed by atoms with van der Waals surface area (Å²) in [6.07, 6.45) is 0.313. The second-order valence-electron chi connectivity index (χ2n) is 11.5. The number of amides is 2. The van der Waals surface area contributed by atoms with E-state index in [9.17, 15) is 27.6 Å². The topological polar surface area (TPSA) is 189 Å². The quantitative estimate of drug-likeness (QED) is 0.190. The Hall–Kier alpha value is -5.31. The van der Waals surface area contributed by atoms with E-state index >= 15 is 0 Å². The minimum Gasteiger partial charge on any atom is -0.493 e. The zero-order chi connectivity index (χ0) is 34.7. The van der Waals surface area contributed by atoms with Gasteiger partial charge in [-0.15, -0.1) is 0 Å². The van der Waals surface area contributed by atoms with Crippen molar-refractivity contribution in [3.05, 3.63) is 86.4 Å². The standard InChI is InChI=1S/C33H37N5O9S/c1-18(2)48(43,44)28-13-10-21(35-33(42)47-5)17-24(28)25-7-6-14-38(25)32(41)29(19-8-12-26(45-3)27(15-19)46-4)34-20-9-11-22-23(16-20)31(40)37-36-30(22)39/h8-13,15-18,25,29,34H,6-7,14H2,1-5H3,(H,35,42)(H,36,39)(H,37,40)/t25-,29-/m1/s1. The number of aromatic nitrogens is 2. The van der Waals surface area contributed by atoms with Gasteiger partial charge in [0, 0.05) is 17.9 Å². The van der Waals surface area contributed by atoms with Crippen molar-refractivity contribution in [1.29, 1.82) is 0 Å². The molecular weight excluding hydrogens is 642 g/mol. The lowest BCUT2D eigenvalue weighted by Gasteiger charge is -2.32. The minimum absolute atomic E-state index is 0.0622. The van der Waals surface area contributed by atoms with E-state index in [-0.39, 0.29) is 21.6 Å². The number of carbonyl (C=O) groups is 2. The first-order valence-electron chi connectivity index (χ1n) is 15.2. The van der Waals surface area contributed by atoms with Gasteiger partial charge in [0.1, 0.15) is 6.04 Å². The molecule has 4 aromatic rings. The number of anilines is 2. The van der Waals surface area contributed by atoms with Gasteiger partial charge >= 0.3 is 6.09 Å². The number of rotatable bonds is 10. The van der Waals surface area contributed by atoms with Crippen LogP contribution < -0.4 is 31.2 Å². The predicted octanol–water partition coefficient (Wildman–Crippen LogP) is 4.11. The number of carbonyl (C=O) groups excluding carboxylic acids is 2. The lowest BCUT2D eigenvalue weighted by Crippen LogP contribution is -2.38. The van der Waals surface area contributed by atoms with E-state index in [1.54, 1.807) is 49.1 Å². The van der Waals surface area contributed by atoms with Gasteiger partial charge in [-0.1, -0.05) is 6.07 Å². The molecule has 254 valence electrons. The zero-order valence-corrected chi connectivity index (χ0v) is 27.9. The molecule has 1 fully saturated rings. The van der Waals surface area contributed by atoms with Crippen LogP contribution in [0.25, 0.3) is 10.8 Å². The number of nitrogens with one attached hydrogen (secondary N) is 4. The van der Waals surface area contributed by atoms with E-state index in [1.807, 2.05) is 0 Å². The lowest BCUT2D eigenvalue weighted by atomic mass is 10.0. The summed E-state index contributed by atoms with van der Waals surface area (Å²) in [6.45, 7) is 3.48. The van der Waals surface area contributed by atoms with Gasteiger partial charge in [0.05, 0.1) is 48.3 Å². The molecule has 1 aliphatic rings. The highest BCUT2D eigenvalue weighted by atomic mass is 32.2. The van der Waals surface area contributed by atoms with Crippen LogP contribution >= 0.6 is 0 Å². The van der Waals surface area contributed by atoms with Gasteiger partial charge in [-0.25, -0.2) is 13.2 Å². The first-order valence-corrected chi connectivity index (χ1v) is 16.7. The van der Waals surface area contributed by atoms with Crippen LogP contribution in [0.15, 0.2) is 69.1 Å². The molecule has 5 rings (SSSR count). The first-order chi connectivity index (χ1) is 22.9. The molecule has 0 saturated carbocycles. The number of H-pyrrole nitrogens is 2. The van der Waals surface area contributed by atoms with Crippen molar-refractivity contribution in [2.45, 2.75) is 48.9 Å². The number of fused-ring (bicyclic) bond motifs is 1. The summed E-state index contributed by atoms with van der Waals surface area (Å²) in [5.41, 5.74) is 0.575. The van der Waals surface area contributed by atoms with Crippen LogP contribution in [-0.4, -0.2) is 68.6 Å². The fraction of sp³-hybridized carbons (Fsp3) is 0.333. The number of methoxy groups -OCH3 is 3. The first kappa shape index (κ1) is 34.0. The number of nitrogens with zero attached hydrogens (tertiary/aromatic N) is 1. The monoisotopic (exact) mass is 679 g/mol. The van der Waals surface area contributed by atoms with Gasteiger partial charge < -0.3 is 24.4 Å². The van der Waals surface area contributed by atoms with Crippen LogP contribution in [0.1, 0.15) is 49.9 Å². The van der Waals surface area contributed by atoms with Crippen LogP contribution in [0.2, 0.25) is 0 Å². The Morgan fingerprint density at radius 1 is 0.875 bits per heavy atom. The highest BCUT2D eigenvalue weighted by molar-refractivity contribution is 7.92. The van der Waals surface area contributed by atoms with Gasteiger partial charge in [0.15, 0.2) is 21.3 Å². The van der Waals surface area contributed by atoms with Crippen molar-refractivity contribution in [1.82, 2.24) is 15.1 Å². The largest absolute Gasteiger partial charge is 0.493 e. The van der Waals surface area contributed by atoms with E-state index < -0.39 is 44.4 Å². The van der Waals surface area contributed by atoms with E-state index in [1.165, 1.54) is 45.6 Å². The minimum atomic E-state index is -3.80. The highest BCUT2D eigenvalue weighted by Crippen LogP contribution is 2.41. The zero-order valence-electron chi connectivity index (χ0n) is 27.1. The molecule has 0 unspecified atom stereocenters. The third-order valence-electron chi connectivity index (χ3n) is 8.36. The second kappa shape index (κ2) is 13.8. The molecule has 1 aromatic heterocycles. The fourth-order valence-electron chi connectivity index (χ4n) is 5.84. The summed E-state index contributed by atoms with van der Waals surface area (Å²) in [4.78, 5) is 53.3. The van der Waals surface area contributed by atoms with Gasteiger partial charge in [-0.3, -0.25) is 29.9 Å². The summed E-state index contributed by atoms with van der Waals surface area (Å²) in [7, 11) is 0.386. The van der Waals surface area contributed by atoms with Crippen molar-refractivity contribution in [2.24, 2.45) is 0 Å². The third kappa shape index (κ3) is 6.58. The number of sulfone groups is 1. The smallest absolute Gasteiger partial charge is 0.411 e. The summed E-state index contributed by atoms with van der Waals surface area (Å²) in [5, 5.41) is 9.98. The molecule has 2 atom stereocenters. The van der Waals surface area contributed by atoms with Crippen molar-refractivity contribution in [3.63, 3.8) is 0 Å². The maximum atomic E-state index is 14.7. The molecular formula is C33H37N5O9S. The second-order valence-corrected chi connectivity index (χ2v) is 14.0. The van der Waals surface area contributed by atoms with E-state index in [0.29, 0.717) is 53.4 Å². The molecule has 0 spiro atoms. The Bertz CT molecular complexity index is 2090. The summed E-state index contributed by atoms with van der Waals surface area (Å²) in [6, 6.07) is 12.4. The molecule has 0 bridgehead atoms. The number of ether oxygens (including phenoxy) is 3. The molecule has 3 aromatic carbocycles. The Morgan fingerprint density at radius 2 is 1.56 bits per heavy atom. The third-order valence-corrected chi connectivity index (χ3v) is 10.6. The molecule has 4 N–H and O–H groups in total. The fourth-order valence-corrected chi connectivity index (χ4v) is 7.13. The maximum absolute atomic E-state index is 14.7. The number of aromatic amines is 2. The van der Waals surface area contributed by atoms with Gasteiger partial charge in [-0.05, 0) is 86.3 Å². The molecule has 1 aliphatic heterocycles. The van der Waals surface area contributed by atoms with Gasteiger partial charge in [-0.2, -0.15) is 0 Å². The number of hydrogen-bond acceptors (Lipinski definition) is 10. The van der Waals surface area contributed by atoms with Crippen LogP contribution in [0.3, 0.4) is 0 Å². The average Bonchev–Trinajstić information content (AvgIpc) is 3.58. The van der Waals surface area contributed by atoms with Crippen LogP contribution in [0.4, 0.5) is 16.2 Å². The Labute approximate surface area is 276 Å². The molecule has 1 saturated heterocycles. The summed E-state index contributed by atoms with van der Waals surface area (Å²) >= 11 is 0. The molecule has 0 radical (unpaired) electrons. The van der Waals surface area contributed by atoms with Crippen LogP contribution in [0, 0.1) is 0 Å². The number of likely N-dealkylation sites (tertiary alicyclic amines) is 1. The molecule has 15 heteroatoms. The molecule has 0 aliphatic carbocycles. The molecule has 14 nitrogen and oxygen atoms in total. The summed E-state index contributed by atoms with van der Waals surface area (Å²) in [5.74, 6) is 0.436. The Balaban J connectivity index is 1.62. The normalized spacial score (nSPS) is 15.3. The number of benzene rings is 3. The van der Waals surface area contributed by atoms with Crippen LogP contribution in [-0.2, 0) is 19.4 Å².